The van der Waals surface area contributed by atoms with Crippen molar-refractivity contribution in [3.63, 3.8) is 0 Å². The Morgan fingerprint density at radius 2 is 2.36 bits per heavy atom. The molecule has 0 aromatic rings. The van der Waals surface area contributed by atoms with Crippen molar-refractivity contribution < 1.29 is 9.84 Å². The molecular weight excluding hydrogens is 180 g/mol. The molecular formula is C10H22N2O2. The van der Waals surface area contributed by atoms with Crippen molar-refractivity contribution in [2.45, 2.75) is 31.5 Å². The first-order valence-corrected chi connectivity index (χ1v) is 5.24. The number of hydrogen-bond donors (Lipinski definition) is 2. The summed E-state index contributed by atoms with van der Waals surface area (Å²) in [5, 5.41) is 12.7. The molecule has 1 aliphatic rings. The number of aliphatic hydroxyl groups excluding tert-OH is 1. The van der Waals surface area contributed by atoms with Crippen LogP contribution < -0.4 is 5.32 Å². The first-order valence-electron chi connectivity index (χ1n) is 5.24. The number of nitrogens with zero attached hydrogens (tertiary/aromatic N) is 1. The first-order chi connectivity index (χ1) is 6.63. The number of likely N-dealkylation sites (N-methyl/N-ethyl adjacent to an activating group) is 1. The Hall–Kier alpha value is -0.160. The van der Waals surface area contributed by atoms with Crippen LogP contribution in [0.4, 0.5) is 0 Å². The summed E-state index contributed by atoms with van der Waals surface area (Å²) in [4.78, 5) is 2.26. The number of ether oxygens (including phenoxy) is 1. The largest absolute Gasteiger partial charge is 0.392 e. The molecule has 1 rings (SSSR count). The summed E-state index contributed by atoms with van der Waals surface area (Å²) >= 11 is 0. The topological polar surface area (TPSA) is 44.7 Å². The van der Waals surface area contributed by atoms with Crippen LogP contribution in [0.15, 0.2) is 0 Å². The van der Waals surface area contributed by atoms with Crippen LogP contribution in [0.2, 0.25) is 0 Å². The number of methoxy groups -OCH3 is 1. The molecule has 3 atom stereocenters. The van der Waals surface area contributed by atoms with Crippen LogP contribution in [-0.2, 0) is 4.74 Å². The van der Waals surface area contributed by atoms with Gasteiger partial charge in [0.25, 0.3) is 0 Å². The van der Waals surface area contributed by atoms with Crippen LogP contribution in [0, 0.1) is 0 Å². The summed E-state index contributed by atoms with van der Waals surface area (Å²) < 4.78 is 5.10. The van der Waals surface area contributed by atoms with Gasteiger partial charge in [-0.3, -0.25) is 4.90 Å². The molecule has 1 fully saturated rings. The van der Waals surface area contributed by atoms with Crippen molar-refractivity contribution >= 4 is 0 Å². The monoisotopic (exact) mass is 202 g/mol. The van der Waals surface area contributed by atoms with Crippen LogP contribution in [0.5, 0.6) is 0 Å². The second kappa shape index (κ2) is 5.66. The van der Waals surface area contributed by atoms with E-state index in [2.05, 4.69) is 24.2 Å². The Bertz CT molecular complexity index is 166. The van der Waals surface area contributed by atoms with Crippen molar-refractivity contribution in [3.8, 4) is 0 Å². The number of aliphatic hydroxyl groups is 1. The molecule has 0 bridgehead atoms. The molecule has 0 saturated carbocycles. The van der Waals surface area contributed by atoms with E-state index >= 15 is 0 Å². The molecule has 0 aromatic heterocycles. The molecule has 1 aliphatic heterocycles. The first kappa shape index (κ1) is 11.9. The summed E-state index contributed by atoms with van der Waals surface area (Å²) in [6.07, 6.45) is 0.704. The number of rotatable bonds is 5. The Labute approximate surface area is 86.2 Å². The fourth-order valence-electron chi connectivity index (χ4n) is 1.83. The lowest BCUT2D eigenvalue weighted by atomic mass is 10.2. The smallest absolute Gasteiger partial charge is 0.0680 e. The highest BCUT2D eigenvalue weighted by molar-refractivity contribution is 4.83. The van der Waals surface area contributed by atoms with E-state index in [0.29, 0.717) is 12.1 Å². The predicted molar refractivity (Wildman–Crippen MR) is 56.4 cm³/mol. The lowest BCUT2D eigenvalue weighted by molar-refractivity contribution is 0.109. The quantitative estimate of drug-likeness (QED) is 0.641. The van der Waals surface area contributed by atoms with Crippen molar-refractivity contribution in [1.29, 1.82) is 0 Å². The fraction of sp³-hybridized carbons (Fsp3) is 1.00. The zero-order valence-corrected chi connectivity index (χ0v) is 9.36. The molecule has 14 heavy (non-hydrogen) atoms. The van der Waals surface area contributed by atoms with E-state index in [1.807, 2.05) is 0 Å². The van der Waals surface area contributed by atoms with E-state index in [1.54, 1.807) is 7.11 Å². The minimum absolute atomic E-state index is 0.161. The lowest BCUT2D eigenvalue weighted by Gasteiger charge is -2.26. The highest BCUT2D eigenvalue weighted by Gasteiger charge is 2.24. The zero-order valence-electron chi connectivity index (χ0n) is 9.36. The normalized spacial score (nSPS) is 29.8. The van der Waals surface area contributed by atoms with Crippen LogP contribution >= 0.6 is 0 Å². The average Bonchev–Trinajstić information content (AvgIpc) is 2.51. The summed E-state index contributed by atoms with van der Waals surface area (Å²) in [7, 11) is 3.82. The van der Waals surface area contributed by atoms with E-state index in [0.717, 1.165) is 26.1 Å². The van der Waals surface area contributed by atoms with Gasteiger partial charge in [-0.15, -0.1) is 0 Å². The maximum absolute atomic E-state index is 9.35. The van der Waals surface area contributed by atoms with Gasteiger partial charge in [0.2, 0.25) is 0 Å². The molecule has 3 unspecified atom stereocenters. The molecule has 0 spiro atoms. The van der Waals surface area contributed by atoms with Crippen molar-refractivity contribution in [2.24, 2.45) is 0 Å². The summed E-state index contributed by atoms with van der Waals surface area (Å²) in [5.41, 5.74) is 0. The SMILES string of the molecule is COCC(C)N(C)CC1CC(O)CN1. The van der Waals surface area contributed by atoms with Gasteiger partial charge in [-0.25, -0.2) is 0 Å². The van der Waals surface area contributed by atoms with E-state index in [1.165, 1.54) is 0 Å². The van der Waals surface area contributed by atoms with Gasteiger partial charge in [0.05, 0.1) is 12.7 Å². The van der Waals surface area contributed by atoms with Crippen LogP contribution in [0.3, 0.4) is 0 Å². The molecule has 0 aromatic carbocycles. The molecule has 0 amide bonds. The van der Waals surface area contributed by atoms with Gasteiger partial charge < -0.3 is 15.2 Å². The Morgan fingerprint density at radius 1 is 1.64 bits per heavy atom. The third kappa shape index (κ3) is 3.53. The van der Waals surface area contributed by atoms with Crippen LogP contribution in [0.25, 0.3) is 0 Å². The predicted octanol–water partition coefficient (Wildman–Crippen LogP) is -0.324. The van der Waals surface area contributed by atoms with Gasteiger partial charge in [-0.2, -0.15) is 0 Å². The van der Waals surface area contributed by atoms with E-state index < -0.39 is 0 Å². The van der Waals surface area contributed by atoms with Crippen molar-refractivity contribution in [2.75, 3.05) is 33.9 Å². The summed E-state index contributed by atoms with van der Waals surface area (Å²) in [6, 6.07) is 0.855. The second-order valence-electron chi connectivity index (χ2n) is 4.24. The Balaban J connectivity index is 2.22. The van der Waals surface area contributed by atoms with Crippen molar-refractivity contribution in [3.05, 3.63) is 0 Å². The molecule has 1 saturated heterocycles. The van der Waals surface area contributed by atoms with Crippen LogP contribution in [-0.4, -0.2) is 62.0 Å². The van der Waals surface area contributed by atoms with Gasteiger partial charge in [-0.1, -0.05) is 0 Å². The lowest BCUT2D eigenvalue weighted by Crippen LogP contribution is -2.41. The van der Waals surface area contributed by atoms with Gasteiger partial charge in [-0.05, 0) is 20.4 Å². The molecule has 0 aliphatic carbocycles. The molecule has 84 valence electrons. The number of nitrogens with one attached hydrogen (secondary N) is 1. The third-order valence-corrected chi connectivity index (χ3v) is 2.87. The molecule has 2 N–H and O–H groups in total. The molecule has 0 radical (unpaired) electrons. The van der Waals surface area contributed by atoms with Gasteiger partial charge in [0.1, 0.15) is 0 Å². The summed E-state index contributed by atoms with van der Waals surface area (Å²) in [6.45, 7) is 4.61. The molecule has 4 heteroatoms. The van der Waals surface area contributed by atoms with Gasteiger partial charge in [0, 0.05) is 32.3 Å². The minimum Gasteiger partial charge on any atom is -0.392 e. The standard InChI is InChI=1S/C10H22N2O2/c1-8(7-14-3)12(2)6-9-4-10(13)5-11-9/h8-11,13H,4-7H2,1-3H3. The molecule has 4 nitrogen and oxygen atoms in total. The number of hydrogen-bond acceptors (Lipinski definition) is 4. The Kier molecular flexibility index (Phi) is 4.81. The maximum atomic E-state index is 9.35. The summed E-state index contributed by atoms with van der Waals surface area (Å²) in [5.74, 6) is 0. The third-order valence-electron chi connectivity index (χ3n) is 2.87. The Morgan fingerprint density at radius 3 is 2.86 bits per heavy atom. The van der Waals surface area contributed by atoms with E-state index in [4.69, 9.17) is 4.74 Å². The highest BCUT2D eigenvalue weighted by Crippen LogP contribution is 2.08. The van der Waals surface area contributed by atoms with Crippen molar-refractivity contribution in [1.82, 2.24) is 10.2 Å². The highest BCUT2D eigenvalue weighted by atomic mass is 16.5. The average molecular weight is 202 g/mol. The van der Waals surface area contributed by atoms with E-state index in [9.17, 15) is 5.11 Å². The fourth-order valence-corrected chi connectivity index (χ4v) is 1.83. The zero-order chi connectivity index (χ0) is 10.6. The molecule has 1 heterocycles. The van der Waals surface area contributed by atoms with Gasteiger partial charge in [0.15, 0.2) is 0 Å². The second-order valence-corrected chi connectivity index (χ2v) is 4.24. The van der Waals surface area contributed by atoms with Crippen LogP contribution in [0.1, 0.15) is 13.3 Å². The minimum atomic E-state index is -0.161. The van der Waals surface area contributed by atoms with E-state index in [-0.39, 0.29) is 6.10 Å². The van der Waals surface area contributed by atoms with Gasteiger partial charge >= 0.3 is 0 Å². The number of β-amino-alcohol motifs (C(OH)–C–C–N with tert-alkyl or cyclic N) is 1. The maximum Gasteiger partial charge on any atom is 0.0680 e.